The highest BCUT2D eigenvalue weighted by Gasteiger charge is 2.25. The van der Waals surface area contributed by atoms with Gasteiger partial charge in [-0.2, -0.15) is 0 Å². The summed E-state index contributed by atoms with van der Waals surface area (Å²) in [5, 5.41) is 8.52. The van der Waals surface area contributed by atoms with E-state index in [0.717, 1.165) is 155 Å². The topological polar surface area (TPSA) is 113 Å². The second-order valence-corrected chi connectivity index (χ2v) is 29.6. The van der Waals surface area contributed by atoms with E-state index in [1.165, 1.54) is 33.0 Å². The minimum atomic E-state index is 0.577. The van der Waals surface area contributed by atoms with Crippen molar-refractivity contribution < 1.29 is 8.83 Å². The van der Waals surface area contributed by atoms with Gasteiger partial charge in [0.05, 0.1) is 22.1 Å². The third kappa shape index (κ3) is 12.5. The molecule has 6 aromatic heterocycles. The van der Waals surface area contributed by atoms with Crippen LogP contribution in [0.4, 0.5) is 0 Å². The smallest absolute Gasteiger partial charge is 0.164 e. The minimum Gasteiger partial charge on any atom is -0.456 e. The number of rotatable bonds is 13. The Morgan fingerprint density at radius 2 is 0.432 bits per heavy atom. The first-order valence-corrected chi connectivity index (χ1v) is 39.6. The Balaban J connectivity index is 0.000000143. The molecule has 552 valence electrons. The van der Waals surface area contributed by atoms with E-state index in [2.05, 4.69) is 349 Å². The van der Waals surface area contributed by atoms with Gasteiger partial charge in [-0.05, 0) is 141 Å². The van der Waals surface area contributed by atoms with E-state index in [9.17, 15) is 0 Å². The molecule has 17 aromatic carbocycles. The molecule has 10 nitrogen and oxygen atoms in total. The third-order valence-electron chi connectivity index (χ3n) is 22.5. The highest BCUT2D eigenvalue weighted by atomic mass is 16.3. The van der Waals surface area contributed by atoms with Gasteiger partial charge in [-0.1, -0.05) is 328 Å². The van der Waals surface area contributed by atoms with Gasteiger partial charge in [0.2, 0.25) is 0 Å². The Hall–Kier alpha value is -16.0. The molecule has 0 bridgehead atoms. The van der Waals surface area contributed by atoms with E-state index in [1.54, 1.807) is 0 Å². The lowest BCUT2D eigenvalue weighted by Crippen LogP contribution is -2.00. The van der Waals surface area contributed by atoms with Crippen LogP contribution in [0, 0.1) is 0 Å². The molecule has 0 aliphatic heterocycles. The highest BCUT2D eigenvalue weighted by molar-refractivity contribution is 6.21. The Labute approximate surface area is 678 Å². The van der Waals surface area contributed by atoms with Crippen molar-refractivity contribution in [3.05, 3.63) is 413 Å². The number of hydrogen-bond acceptors (Lipinski definition) is 8. The molecule has 0 saturated carbocycles. The number of benzene rings is 17. The lowest BCUT2D eigenvalue weighted by atomic mass is 10.0. The Morgan fingerprint density at radius 3 is 0.814 bits per heavy atom. The van der Waals surface area contributed by atoms with E-state index in [-0.39, 0.29) is 0 Å². The molecule has 0 N–H and O–H groups in total. The van der Waals surface area contributed by atoms with Crippen LogP contribution in [-0.4, -0.2) is 39.0 Å². The zero-order valence-electron chi connectivity index (χ0n) is 63.7. The maximum atomic E-state index is 6.72. The predicted molar refractivity (Wildman–Crippen MR) is 483 cm³/mol. The van der Waals surface area contributed by atoms with Crippen molar-refractivity contribution in [1.82, 2.24) is 39.0 Å². The van der Waals surface area contributed by atoms with Gasteiger partial charge in [0.15, 0.2) is 34.9 Å². The van der Waals surface area contributed by atoms with Gasteiger partial charge in [-0.3, -0.25) is 0 Å². The van der Waals surface area contributed by atoms with Crippen LogP contribution in [0.3, 0.4) is 0 Å². The van der Waals surface area contributed by atoms with Crippen molar-refractivity contribution in [1.29, 1.82) is 0 Å². The average molecular weight is 1510 g/mol. The molecule has 0 atom stereocenters. The molecule has 0 aliphatic carbocycles. The lowest BCUT2D eigenvalue weighted by molar-refractivity contribution is 0.669. The normalized spacial score (nSPS) is 11.6. The molecule has 0 unspecified atom stereocenters. The Morgan fingerprint density at radius 1 is 0.161 bits per heavy atom. The molecule has 0 amide bonds. The molecule has 6 heterocycles. The number of nitrogens with zero attached hydrogens (tertiary/aromatic N) is 8. The number of furan rings is 2. The van der Waals surface area contributed by atoms with Crippen LogP contribution in [0.2, 0.25) is 0 Å². The van der Waals surface area contributed by atoms with Crippen molar-refractivity contribution in [2.75, 3.05) is 0 Å². The van der Waals surface area contributed by atoms with Gasteiger partial charge in [0.1, 0.15) is 22.3 Å². The molecule has 23 aromatic rings. The van der Waals surface area contributed by atoms with E-state index in [4.69, 9.17) is 38.7 Å². The summed E-state index contributed by atoms with van der Waals surface area (Å²) < 4.78 is 18.1. The van der Waals surface area contributed by atoms with Crippen LogP contribution in [0.1, 0.15) is 0 Å². The van der Waals surface area contributed by atoms with E-state index < -0.39 is 0 Å². The second-order valence-electron chi connectivity index (χ2n) is 29.6. The summed E-state index contributed by atoms with van der Waals surface area (Å²) in [6, 6.07) is 144. The van der Waals surface area contributed by atoms with Gasteiger partial charge >= 0.3 is 0 Å². The van der Waals surface area contributed by atoms with Crippen LogP contribution >= 0.6 is 0 Å². The molecular weight excluding hydrogens is 1440 g/mol. The molecule has 0 spiro atoms. The van der Waals surface area contributed by atoms with Crippen LogP contribution < -0.4 is 0 Å². The number of aromatic nitrogens is 8. The molecule has 10 heteroatoms. The number of hydrogen-bond donors (Lipinski definition) is 0. The summed E-state index contributed by atoms with van der Waals surface area (Å²) in [6.07, 6.45) is 0. The van der Waals surface area contributed by atoms with Crippen molar-refractivity contribution >= 4 is 87.5 Å². The first-order chi connectivity index (χ1) is 58.5. The third-order valence-corrected chi connectivity index (χ3v) is 22.5. The SMILES string of the molecule is c1ccc(-c2ccc(-c3nc(-c4cccc(-c5ccccc5)c4)nc(-c4cccc5oc6cc7c8ccccc8n(-c8ccc(-c9ccccc9)cc8)c7cc6c45)n3)cc2)cc1.c1ccc(-c2ccc(-n3c4ccccc4c4cc5oc6cccc(-c7nc(-c8ccccc8)nc(-c8cccc(-c9ccccc9)c8)n7)c6c5cc43)cc2)cc1. The predicted octanol–water partition coefficient (Wildman–Crippen LogP) is 28.1. The standard InChI is InChI=1S/C57H36N4O.C51H32N4O/c1-4-14-37(15-5-1)40-26-28-42(29-27-40)55-58-56(44-21-12-20-43(34-44)39-18-8-3-9-19-39)60-57(59-55)47-23-13-25-52-54(47)49-35-51-48(36-53(49)62-52)46-22-10-11-24-50(46)61(51)45-32-30-41(31-33-45)38-16-6-2-7-17-38;1-4-14-33(15-5-1)35-26-28-39(29-27-35)55-44-24-11-10-22-40(44)42-32-47-43(31-45(42)55)48-41(23-13-25-46(48)56-47)51-53-49(36-18-8-3-9-19-36)52-50(54-51)38-21-12-20-37(30-38)34-16-6-2-7-17-34/h1-36H;1-32H. The summed E-state index contributed by atoms with van der Waals surface area (Å²) >= 11 is 0. The van der Waals surface area contributed by atoms with Crippen molar-refractivity contribution in [2.45, 2.75) is 0 Å². The quantitative estimate of drug-likeness (QED) is 0.112. The van der Waals surface area contributed by atoms with Crippen LogP contribution in [0.5, 0.6) is 0 Å². The fraction of sp³-hybridized carbons (Fsp3) is 0. The monoisotopic (exact) mass is 1510 g/mol. The lowest BCUT2D eigenvalue weighted by Gasteiger charge is -2.11. The first kappa shape index (κ1) is 68.7. The van der Waals surface area contributed by atoms with Crippen molar-refractivity contribution in [3.63, 3.8) is 0 Å². The maximum Gasteiger partial charge on any atom is 0.164 e. The molecule has 0 aliphatic rings. The van der Waals surface area contributed by atoms with Crippen LogP contribution in [-0.2, 0) is 0 Å². The average Bonchev–Trinajstić information content (AvgIpc) is 1.57. The zero-order valence-corrected chi connectivity index (χ0v) is 63.7. The molecule has 0 saturated heterocycles. The zero-order chi connectivity index (χ0) is 78.0. The van der Waals surface area contributed by atoms with Crippen LogP contribution in [0.25, 0.3) is 223 Å². The van der Waals surface area contributed by atoms with E-state index >= 15 is 0 Å². The van der Waals surface area contributed by atoms with Gasteiger partial charge in [0.25, 0.3) is 0 Å². The van der Waals surface area contributed by atoms with Gasteiger partial charge in [-0.25, -0.2) is 29.9 Å². The maximum absolute atomic E-state index is 6.72. The summed E-state index contributed by atoms with van der Waals surface area (Å²) in [5.74, 6) is 3.58. The second kappa shape index (κ2) is 29.2. The minimum absolute atomic E-state index is 0.577. The van der Waals surface area contributed by atoms with Gasteiger partial charge in [-0.15, -0.1) is 0 Å². The fourth-order valence-electron chi connectivity index (χ4n) is 16.8. The molecular formula is C108H68N8O2. The summed E-state index contributed by atoms with van der Waals surface area (Å²) in [5.41, 5.74) is 26.7. The summed E-state index contributed by atoms with van der Waals surface area (Å²) in [6.45, 7) is 0. The number of para-hydroxylation sites is 2. The van der Waals surface area contributed by atoms with Gasteiger partial charge in [0, 0.05) is 87.8 Å². The largest absolute Gasteiger partial charge is 0.456 e. The molecule has 23 rings (SSSR count). The van der Waals surface area contributed by atoms with Crippen LogP contribution in [0.15, 0.2) is 421 Å². The number of fused-ring (bicyclic) bond motifs is 12. The van der Waals surface area contributed by atoms with Crippen molar-refractivity contribution in [2.24, 2.45) is 0 Å². The summed E-state index contributed by atoms with van der Waals surface area (Å²) in [7, 11) is 0. The first-order valence-electron chi connectivity index (χ1n) is 39.6. The van der Waals surface area contributed by atoms with E-state index in [0.29, 0.717) is 34.9 Å². The Kier molecular flexibility index (Phi) is 17.0. The molecule has 118 heavy (non-hydrogen) atoms. The fourth-order valence-corrected chi connectivity index (χ4v) is 16.8. The highest BCUT2D eigenvalue weighted by Crippen LogP contribution is 2.45. The van der Waals surface area contributed by atoms with Crippen molar-refractivity contribution in [3.8, 4) is 135 Å². The van der Waals surface area contributed by atoms with E-state index in [1.807, 2.05) is 72.8 Å². The molecule has 0 fully saturated rings. The van der Waals surface area contributed by atoms with Gasteiger partial charge < -0.3 is 18.0 Å². The summed E-state index contributed by atoms with van der Waals surface area (Å²) in [4.78, 5) is 31.1. The molecule has 0 radical (unpaired) electrons. The Bertz CT molecular complexity index is 7740.